The van der Waals surface area contributed by atoms with E-state index in [0.29, 0.717) is 17.7 Å². The molecule has 0 aliphatic carbocycles. The molecule has 0 aliphatic heterocycles. The smallest absolute Gasteiger partial charge is 0.0335 e. The van der Waals surface area contributed by atoms with E-state index in [1.165, 1.54) is 10.5 Å². The number of thioether (sulfide) groups is 1. The molecule has 0 spiro atoms. The van der Waals surface area contributed by atoms with E-state index in [0.717, 1.165) is 6.42 Å². The SMILES string of the molecule is CCC(CN)C(N)c1ccc(SC(C)C)cc1. The third kappa shape index (κ3) is 4.34. The molecule has 0 saturated carbocycles. The zero-order valence-corrected chi connectivity index (χ0v) is 11.8. The molecular weight excluding hydrogens is 228 g/mol. The molecule has 17 heavy (non-hydrogen) atoms. The Kier molecular flexibility index (Phi) is 6.03. The Hall–Kier alpha value is -0.510. The molecule has 96 valence electrons. The van der Waals surface area contributed by atoms with Gasteiger partial charge in [0.25, 0.3) is 0 Å². The maximum Gasteiger partial charge on any atom is 0.0335 e. The van der Waals surface area contributed by atoms with Crippen molar-refractivity contribution in [2.75, 3.05) is 6.54 Å². The predicted molar refractivity (Wildman–Crippen MR) is 77.2 cm³/mol. The normalized spacial score (nSPS) is 14.9. The standard InChI is InChI=1S/C14H24N2S/c1-4-11(9-15)14(16)12-5-7-13(8-6-12)17-10(2)3/h5-8,10-11,14H,4,9,15-16H2,1-3H3. The summed E-state index contributed by atoms with van der Waals surface area (Å²) < 4.78 is 0. The van der Waals surface area contributed by atoms with Gasteiger partial charge in [0.1, 0.15) is 0 Å². The first-order chi connectivity index (χ1) is 8.08. The second-order valence-corrected chi connectivity index (χ2v) is 6.32. The highest BCUT2D eigenvalue weighted by Gasteiger charge is 2.16. The first-order valence-electron chi connectivity index (χ1n) is 6.30. The summed E-state index contributed by atoms with van der Waals surface area (Å²) in [6.45, 7) is 7.19. The van der Waals surface area contributed by atoms with Gasteiger partial charge in [-0.25, -0.2) is 0 Å². The molecule has 0 aromatic heterocycles. The molecule has 2 unspecified atom stereocenters. The highest BCUT2D eigenvalue weighted by molar-refractivity contribution is 7.99. The van der Waals surface area contributed by atoms with Gasteiger partial charge in [-0.05, 0) is 30.2 Å². The Labute approximate surface area is 109 Å². The van der Waals surface area contributed by atoms with Crippen LogP contribution in [0.15, 0.2) is 29.2 Å². The van der Waals surface area contributed by atoms with Crippen LogP contribution in [0, 0.1) is 5.92 Å². The fraction of sp³-hybridized carbons (Fsp3) is 0.571. The van der Waals surface area contributed by atoms with Crippen LogP contribution >= 0.6 is 11.8 Å². The second kappa shape index (κ2) is 7.04. The topological polar surface area (TPSA) is 52.0 Å². The Balaban J connectivity index is 2.72. The maximum absolute atomic E-state index is 6.22. The van der Waals surface area contributed by atoms with Crippen LogP contribution in [0.3, 0.4) is 0 Å². The van der Waals surface area contributed by atoms with E-state index < -0.39 is 0 Å². The van der Waals surface area contributed by atoms with E-state index in [1.807, 2.05) is 11.8 Å². The van der Waals surface area contributed by atoms with Gasteiger partial charge in [-0.3, -0.25) is 0 Å². The third-order valence-corrected chi connectivity index (χ3v) is 3.99. The number of hydrogen-bond donors (Lipinski definition) is 2. The van der Waals surface area contributed by atoms with Gasteiger partial charge in [-0.2, -0.15) is 0 Å². The van der Waals surface area contributed by atoms with Gasteiger partial charge in [-0.1, -0.05) is 39.3 Å². The largest absolute Gasteiger partial charge is 0.330 e. The first kappa shape index (κ1) is 14.6. The van der Waals surface area contributed by atoms with E-state index in [1.54, 1.807) is 0 Å². The van der Waals surface area contributed by atoms with Gasteiger partial charge < -0.3 is 11.5 Å². The molecule has 1 rings (SSSR count). The van der Waals surface area contributed by atoms with Gasteiger partial charge >= 0.3 is 0 Å². The Morgan fingerprint density at radius 1 is 1.18 bits per heavy atom. The molecule has 0 amide bonds. The lowest BCUT2D eigenvalue weighted by molar-refractivity contribution is 0.428. The van der Waals surface area contributed by atoms with E-state index in [2.05, 4.69) is 45.0 Å². The summed E-state index contributed by atoms with van der Waals surface area (Å²) in [5.41, 5.74) is 13.1. The summed E-state index contributed by atoms with van der Waals surface area (Å²) in [4.78, 5) is 1.30. The van der Waals surface area contributed by atoms with Gasteiger partial charge in [0, 0.05) is 16.2 Å². The van der Waals surface area contributed by atoms with Crippen molar-refractivity contribution >= 4 is 11.8 Å². The van der Waals surface area contributed by atoms with Gasteiger partial charge in [0.2, 0.25) is 0 Å². The van der Waals surface area contributed by atoms with Gasteiger partial charge in [-0.15, -0.1) is 11.8 Å². The zero-order chi connectivity index (χ0) is 12.8. The Morgan fingerprint density at radius 3 is 2.18 bits per heavy atom. The predicted octanol–water partition coefficient (Wildman–Crippen LogP) is 3.17. The summed E-state index contributed by atoms with van der Waals surface area (Å²) in [5, 5.41) is 0.613. The summed E-state index contributed by atoms with van der Waals surface area (Å²) in [6, 6.07) is 8.64. The summed E-state index contributed by atoms with van der Waals surface area (Å²) in [5.74, 6) is 0.374. The Morgan fingerprint density at radius 2 is 1.76 bits per heavy atom. The molecule has 0 fully saturated rings. The fourth-order valence-electron chi connectivity index (χ4n) is 1.88. The summed E-state index contributed by atoms with van der Waals surface area (Å²) >= 11 is 1.87. The van der Waals surface area contributed by atoms with Crippen LogP contribution in [0.2, 0.25) is 0 Å². The van der Waals surface area contributed by atoms with Crippen molar-refractivity contribution in [1.29, 1.82) is 0 Å². The average Bonchev–Trinajstić information content (AvgIpc) is 2.30. The molecule has 2 nitrogen and oxygen atoms in total. The lowest BCUT2D eigenvalue weighted by Gasteiger charge is -2.21. The van der Waals surface area contributed by atoms with Crippen molar-refractivity contribution in [2.24, 2.45) is 17.4 Å². The van der Waals surface area contributed by atoms with Crippen molar-refractivity contribution in [3.8, 4) is 0 Å². The molecule has 1 aromatic rings. The monoisotopic (exact) mass is 252 g/mol. The lowest BCUT2D eigenvalue weighted by Crippen LogP contribution is -2.27. The van der Waals surface area contributed by atoms with Crippen LogP contribution in [-0.2, 0) is 0 Å². The van der Waals surface area contributed by atoms with Crippen LogP contribution in [0.25, 0.3) is 0 Å². The quantitative estimate of drug-likeness (QED) is 0.765. The first-order valence-corrected chi connectivity index (χ1v) is 7.18. The molecule has 3 heteroatoms. The minimum absolute atomic E-state index is 0.0584. The van der Waals surface area contributed by atoms with Crippen LogP contribution in [0.4, 0.5) is 0 Å². The van der Waals surface area contributed by atoms with E-state index in [-0.39, 0.29) is 6.04 Å². The van der Waals surface area contributed by atoms with Gasteiger partial charge in [0.05, 0.1) is 0 Å². The van der Waals surface area contributed by atoms with Crippen molar-refractivity contribution in [3.63, 3.8) is 0 Å². The van der Waals surface area contributed by atoms with Crippen molar-refractivity contribution in [2.45, 2.75) is 43.4 Å². The molecule has 0 radical (unpaired) electrons. The molecule has 1 aromatic carbocycles. The summed E-state index contributed by atoms with van der Waals surface area (Å²) in [6.07, 6.45) is 1.03. The number of rotatable bonds is 6. The van der Waals surface area contributed by atoms with E-state index in [9.17, 15) is 0 Å². The molecular formula is C14H24N2S. The van der Waals surface area contributed by atoms with Crippen LogP contribution in [-0.4, -0.2) is 11.8 Å². The minimum Gasteiger partial charge on any atom is -0.330 e. The fourth-order valence-corrected chi connectivity index (χ4v) is 2.72. The Bertz CT molecular complexity index is 317. The van der Waals surface area contributed by atoms with E-state index >= 15 is 0 Å². The number of benzene rings is 1. The van der Waals surface area contributed by atoms with Crippen LogP contribution in [0.5, 0.6) is 0 Å². The summed E-state index contributed by atoms with van der Waals surface area (Å²) in [7, 11) is 0. The van der Waals surface area contributed by atoms with Crippen molar-refractivity contribution in [1.82, 2.24) is 0 Å². The highest BCUT2D eigenvalue weighted by atomic mass is 32.2. The minimum atomic E-state index is 0.0584. The van der Waals surface area contributed by atoms with Crippen LogP contribution in [0.1, 0.15) is 38.8 Å². The number of nitrogens with two attached hydrogens (primary N) is 2. The van der Waals surface area contributed by atoms with Crippen molar-refractivity contribution < 1.29 is 0 Å². The maximum atomic E-state index is 6.22. The molecule has 2 atom stereocenters. The molecule has 0 heterocycles. The zero-order valence-electron chi connectivity index (χ0n) is 11.0. The van der Waals surface area contributed by atoms with Crippen molar-refractivity contribution in [3.05, 3.63) is 29.8 Å². The van der Waals surface area contributed by atoms with E-state index in [4.69, 9.17) is 11.5 Å². The molecule has 4 N–H and O–H groups in total. The van der Waals surface area contributed by atoms with Crippen LogP contribution < -0.4 is 11.5 Å². The highest BCUT2D eigenvalue weighted by Crippen LogP contribution is 2.26. The third-order valence-electron chi connectivity index (χ3n) is 2.97. The average molecular weight is 252 g/mol. The van der Waals surface area contributed by atoms with Gasteiger partial charge in [0.15, 0.2) is 0 Å². The molecule has 0 aliphatic rings. The number of hydrogen-bond acceptors (Lipinski definition) is 3. The second-order valence-electron chi connectivity index (χ2n) is 4.67. The molecule has 0 saturated heterocycles. The lowest BCUT2D eigenvalue weighted by atomic mass is 9.92. The molecule has 0 bridgehead atoms.